The fourth-order valence-corrected chi connectivity index (χ4v) is 4.47. The molecule has 3 fully saturated rings. The summed E-state index contributed by atoms with van der Waals surface area (Å²) in [6, 6.07) is 6.70. The number of hydrogen-bond acceptors (Lipinski definition) is 6. The lowest BCUT2D eigenvalue weighted by Gasteiger charge is -2.35. The van der Waals surface area contributed by atoms with Gasteiger partial charge in [0.2, 0.25) is 5.91 Å². The molecule has 4 unspecified atom stereocenters. The molecule has 3 saturated heterocycles. The van der Waals surface area contributed by atoms with Gasteiger partial charge in [0.25, 0.3) is 0 Å². The van der Waals surface area contributed by atoms with Crippen LogP contribution in [0.1, 0.15) is 31.2 Å². The van der Waals surface area contributed by atoms with Gasteiger partial charge < -0.3 is 10.2 Å². The standard InChI is InChI=1S/C20H30FN5O2/c1-25-8-3-2-7-18(25)19-10-17(24-28-19)20(27)23-16-11-22-26(13-16)12-14-5-4-6-15(21)9-14/h4-6,9,16-19,22,24H,2-3,7-8,10-13H2,1H3,(H,23,27). The molecule has 154 valence electrons. The predicted octanol–water partition coefficient (Wildman–Crippen LogP) is 0.777. The Morgan fingerprint density at radius 1 is 1.39 bits per heavy atom. The largest absolute Gasteiger partial charge is 0.349 e. The van der Waals surface area contributed by atoms with Crippen LogP contribution in [0.5, 0.6) is 0 Å². The summed E-state index contributed by atoms with van der Waals surface area (Å²) in [5.74, 6) is -0.243. The monoisotopic (exact) mass is 391 g/mol. The van der Waals surface area contributed by atoms with Crippen LogP contribution in [-0.4, -0.2) is 66.7 Å². The Morgan fingerprint density at radius 3 is 3.11 bits per heavy atom. The summed E-state index contributed by atoms with van der Waals surface area (Å²) in [6.45, 7) is 3.05. The highest BCUT2D eigenvalue weighted by molar-refractivity contribution is 5.82. The molecule has 3 heterocycles. The van der Waals surface area contributed by atoms with Crippen LogP contribution in [0.25, 0.3) is 0 Å². The Hall–Kier alpha value is -1.58. The maximum atomic E-state index is 13.3. The van der Waals surface area contributed by atoms with Crippen LogP contribution < -0.4 is 16.2 Å². The third kappa shape index (κ3) is 4.69. The molecule has 0 spiro atoms. The van der Waals surface area contributed by atoms with Crippen molar-refractivity contribution in [2.75, 3.05) is 26.7 Å². The fourth-order valence-electron chi connectivity index (χ4n) is 4.47. The van der Waals surface area contributed by atoms with E-state index in [0.29, 0.717) is 32.1 Å². The minimum absolute atomic E-state index is 0.0135. The number of likely N-dealkylation sites (N-methyl/N-ethyl adjacent to an activating group) is 1. The molecule has 4 atom stereocenters. The smallest absolute Gasteiger partial charge is 0.239 e. The van der Waals surface area contributed by atoms with Crippen LogP contribution in [0.2, 0.25) is 0 Å². The van der Waals surface area contributed by atoms with Gasteiger partial charge in [-0.3, -0.25) is 15.1 Å². The number of hydrogen-bond donors (Lipinski definition) is 3. The maximum Gasteiger partial charge on any atom is 0.239 e. The zero-order chi connectivity index (χ0) is 19.5. The van der Waals surface area contributed by atoms with Crippen LogP contribution in [0, 0.1) is 5.82 Å². The Bertz CT molecular complexity index is 690. The summed E-state index contributed by atoms with van der Waals surface area (Å²) in [6.07, 6.45) is 4.35. The lowest BCUT2D eigenvalue weighted by atomic mass is 9.94. The summed E-state index contributed by atoms with van der Waals surface area (Å²) in [5.41, 5.74) is 7.12. The molecule has 0 bridgehead atoms. The summed E-state index contributed by atoms with van der Waals surface area (Å²) in [4.78, 5) is 20.8. The Labute approximate surface area is 165 Å². The third-order valence-corrected chi connectivity index (χ3v) is 6.01. The van der Waals surface area contributed by atoms with Gasteiger partial charge >= 0.3 is 0 Å². The number of carbonyl (C=O) groups excluding carboxylic acids is 1. The van der Waals surface area contributed by atoms with E-state index in [1.165, 1.54) is 25.0 Å². The van der Waals surface area contributed by atoms with Crippen LogP contribution in [0.3, 0.4) is 0 Å². The first kappa shape index (κ1) is 19.7. The molecule has 3 aliphatic heterocycles. The van der Waals surface area contributed by atoms with E-state index in [0.717, 1.165) is 18.5 Å². The zero-order valence-corrected chi connectivity index (χ0v) is 16.4. The van der Waals surface area contributed by atoms with Crippen molar-refractivity contribution < 1.29 is 14.0 Å². The van der Waals surface area contributed by atoms with Crippen LogP contribution in [0.4, 0.5) is 4.39 Å². The topological polar surface area (TPSA) is 68.9 Å². The highest BCUT2D eigenvalue weighted by atomic mass is 19.1. The number of hydroxylamine groups is 1. The molecule has 0 aromatic heterocycles. The minimum Gasteiger partial charge on any atom is -0.349 e. The first-order valence-corrected chi connectivity index (χ1v) is 10.2. The summed E-state index contributed by atoms with van der Waals surface area (Å²) in [5, 5.41) is 5.12. The van der Waals surface area contributed by atoms with Crippen molar-refractivity contribution in [3.8, 4) is 0 Å². The second-order valence-electron chi connectivity index (χ2n) is 8.18. The Morgan fingerprint density at radius 2 is 2.29 bits per heavy atom. The number of rotatable bonds is 5. The normalized spacial score (nSPS) is 31.9. The highest BCUT2D eigenvalue weighted by Gasteiger charge is 2.38. The van der Waals surface area contributed by atoms with Gasteiger partial charge in [0, 0.05) is 32.1 Å². The van der Waals surface area contributed by atoms with Crippen molar-refractivity contribution in [3.63, 3.8) is 0 Å². The predicted molar refractivity (Wildman–Crippen MR) is 103 cm³/mol. The van der Waals surface area contributed by atoms with Gasteiger partial charge in [-0.25, -0.2) is 9.40 Å². The van der Waals surface area contributed by atoms with Crippen molar-refractivity contribution in [1.82, 2.24) is 26.1 Å². The van der Waals surface area contributed by atoms with E-state index in [1.807, 2.05) is 11.1 Å². The van der Waals surface area contributed by atoms with Crippen molar-refractivity contribution in [2.45, 2.75) is 56.5 Å². The molecule has 0 radical (unpaired) electrons. The van der Waals surface area contributed by atoms with E-state index in [1.54, 1.807) is 6.07 Å². The molecular formula is C20H30FN5O2. The average Bonchev–Trinajstić information content (AvgIpc) is 3.32. The summed E-state index contributed by atoms with van der Waals surface area (Å²) in [7, 11) is 2.14. The van der Waals surface area contributed by atoms with Gasteiger partial charge in [0.1, 0.15) is 11.9 Å². The lowest BCUT2D eigenvalue weighted by Crippen LogP contribution is -2.47. The number of likely N-dealkylation sites (tertiary alicyclic amines) is 1. The van der Waals surface area contributed by atoms with Gasteiger partial charge in [0.05, 0.1) is 12.1 Å². The van der Waals surface area contributed by atoms with Crippen LogP contribution in [0.15, 0.2) is 24.3 Å². The van der Waals surface area contributed by atoms with E-state index < -0.39 is 0 Å². The number of amides is 1. The van der Waals surface area contributed by atoms with Gasteiger partial charge in [-0.15, -0.1) is 0 Å². The average molecular weight is 391 g/mol. The first-order chi connectivity index (χ1) is 13.6. The molecule has 1 amide bonds. The number of nitrogens with one attached hydrogen (secondary N) is 3. The van der Waals surface area contributed by atoms with Gasteiger partial charge in [-0.1, -0.05) is 18.6 Å². The lowest BCUT2D eigenvalue weighted by molar-refractivity contribution is -0.125. The molecule has 0 saturated carbocycles. The Balaban J connectivity index is 1.23. The number of halogens is 1. The third-order valence-electron chi connectivity index (χ3n) is 6.01. The SMILES string of the molecule is CN1CCCCC1C1CC(C(=O)NC2CNN(Cc3cccc(F)c3)C2)NO1. The maximum absolute atomic E-state index is 13.3. The van der Waals surface area contributed by atoms with Crippen molar-refractivity contribution in [3.05, 3.63) is 35.6 Å². The minimum atomic E-state index is -0.308. The number of benzene rings is 1. The van der Waals surface area contributed by atoms with Gasteiger partial charge in [-0.05, 0) is 44.1 Å². The molecule has 8 heteroatoms. The number of carbonyl (C=O) groups is 1. The number of nitrogens with zero attached hydrogens (tertiary/aromatic N) is 2. The molecule has 7 nitrogen and oxygen atoms in total. The highest BCUT2D eigenvalue weighted by Crippen LogP contribution is 2.25. The summed E-state index contributed by atoms with van der Waals surface area (Å²) >= 11 is 0. The molecule has 4 rings (SSSR count). The van der Waals surface area contributed by atoms with Crippen molar-refractivity contribution >= 4 is 5.91 Å². The molecule has 1 aromatic rings. The fraction of sp³-hybridized carbons (Fsp3) is 0.650. The first-order valence-electron chi connectivity index (χ1n) is 10.2. The van der Waals surface area contributed by atoms with E-state index in [9.17, 15) is 9.18 Å². The molecular weight excluding hydrogens is 361 g/mol. The van der Waals surface area contributed by atoms with Crippen molar-refractivity contribution in [1.29, 1.82) is 0 Å². The molecule has 3 N–H and O–H groups in total. The quantitative estimate of drug-likeness (QED) is 0.689. The van der Waals surface area contributed by atoms with Gasteiger partial charge in [-0.2, -0.15) is 5.48 Å². The molecule has 0 aliphatic carbocycles. The van der Waals surface area contributed by atoms with Crippen LogP contribution >= 0.6 is 0 Å². The molecule has 28 heavy (non-hydrogen) atoms. The van der Waals surface area contributed by atoms with E-state index >= 15 is 0 Å². The zero-order valence-electron chi connectivity index (χ0n) is 16.4. The van der Waals surface area contributed by atoms with Crippen LogP contribution in [-0.2, 0) is 16.2 Å². The number of hydrazine groups is 1. The second-order valence-corrected chi connectivity index (χ2v) is 8.18. The van der Waals surface area contributed by atoms with E-state index in [4.69, 9.17) is 4.84 Å². The van der Waals surface area contributed by atoms with E-state index in [-0.39, 0.29) is 29.9 Å². The number of piperidine rings is 1. The summed E-state index contributed by atoms with van der Waals surface area (Å²) < 4.78 is 13.3. The Kier molecular flexibility index (Phi) is 6.22. The second kappa shape index (κ2) is 8.84. The van der Waals surface area contributed by atoms with E-state index in [2.05, 4.69) is 28.2 Å². The van der Waals surface area contributed by atoms with Gasteiger partial charge in [0.15, 0.2) is 0 Å². The molecule has 1 aromatic carbocycles. The molecule has 3 aliphatic rings. The van der Waals surface area contributed by atoms with Crippen molar-refractivity contribution in [2.24, 2.45) is 0 Å².